The van der Waals surface area contributed by atoms with E-state index in [-0.39, 0.29) is 18.8 Å². The maximum atomic E-state index is 12.2. The Morgan fingerprint density at radius 3 is 2.79 bits per heavy atom. The van der Waals surface area contributed by atoms with E-state index in [1.165, 1.54) is 0 Å². The highest BCUT2D eigenvalue weighted by Crippen LogP contribution is 2.42. The first kappa shape index (κ1) is 14.6. The van der Waals surface area contributed by atoms with Gasteiger partial charge in [-0.25, -0.2) is 9.18 Å². The van der Waals surface area contributed by atoms with Crippen molar-refractivity contribution in [1.82, 2.24) is 10.2 Å². The van der Waals surface area contributed by atoms with E-state index in [0.29, 0.717) is 18.5 Å². The van der Waals surface area contributed by atoms with Crippen molar-refractivity contribution in [2.24, 2.45) is 5.92 Å². The van der Waals surface area contributed by atoms with E-state index >= 15 is 0 Å². The first-order chi connectivity index (χ1) is 8.92. The zero-order chi connectivity index (χ0) is 14.0. The lowest BCUT2D eigenvalue weighted by molar-refractivity contribution is 0.0205. The largest absolute Gasteiger partial charge is 0.444 e. The van der Waals surface area contributed by atoms with E-state index in [4.69, 9.17) is 4.74 Å². The number of nitrogens with zero attached hydrogens (tertiary/aromatic N) is 1. The number of hydrogen-bond acceptors (Lipinski definition) is 3. The second-order valence-corrected chi connectivity index (χ2v) is 6.58. The quantitative estimate of drug-likeness (QED) is 0.799. The fourth-order valence-electron chi connectivity index (χ4n) is 3.29. The molecule has 2 aliphatic rings. The van der Waals surface area contributed by atoms with Gasteiger partial charge < -0.3 is 15.0 Å². The lowest BCUT2D eigenvalue weighted by atomic mass is 9.89. The van der Waals surface area contributed by atoms with Crippen molar-refractivity contribution in [3.8, 4) is 0 Å². The van der Waals surface area contributed by atoms with Gasteiger partial charge in [-0.2, -0.15) is 0 Å². The summed E-state index contributed by atoms with van der Waals surface area (Å²) in [7, 11) is 0. The Morgan fingerprint density at radius 2 is 2.16 bits per heavy atom. The van der Waals surface area contributed by atoms with Crippen LogP contribution in [-0.2, 0) is 4.74 Å². The van der Waals surface area contributed by atoms with Crippen LogP contribution in [-0.4, -0.2) is 48.4 Å². The Balaban J connectivity index is 1.91. The molecule has 4 nitrogen and oxygen atoms in total. The Bertz CT molecular complexity index is 330. The van der Waals surface area contributed by atoms with Crippen molar-refractivity contribution >= 4 is 6.09 Å². The van der Waals surface area contributed by atoms with Gasteiger partial charge in [0.2, 0.25) is 0 Å². The maximum Gasteiger partial charge on any atom is 0.410 e. The second kappa shape index (κ2) is 5.65. The Morgan fingerprint density at radius 1 is 1.42 bits per heavy atom. The van der Waals surface area contributed by atoms with Crippen molar-refractivity contribution in [1.29, 1.82) is 0 Å². The normalized spacial score (nSPS) is 29.9. The third-order valence-electron chi connectivity index (χ3n) is 3.95. The number of carbonyl (C=O) groups excluding carboxylic acids is 1. The highest BCUT2D eigenvalue weighted by Gasteiger charge is 2.49. The van der Waals surface area contributed by atoms with Gasteiger partial charge in [0, 0.05) is 25.2 Å². The zero-order valence-corrected chi connectivity index (χ0v) is 12.1. The molecule has 2 heterocycles. The van der Waals surface area contributed by atoms with Crippen LogP contribution in [0.2, 0.25) is 0 Å². The molecule has 2 aliphatic heterocycles. The number of fused-ring (bicyclic) bond motifs is 2. The van der Waals surface area contributed by atoms with Crippen LogP contribution in [0.15, 0.2) is 0 Å². The number of nitrogens with one attached hydrogen (secondary N) is 1. The van der Waals surface area contributed by atoms with E-state index in [0.717, 1.165) is 25.8 Å². The van der Waals surface area contributed by atoms with Gasteiger partial charge in [0.05, 0.1) is 0 Å². The van der Waals surface area contributed by atoms with Crippen LogP contribution in [0.25, 0.3) is 0 Å². The summed E-state index contributed by atoms with van der Waals surface area (Å²) in [5, 5.41) is 3.12. The fraction of sp³-hybridized carbons (Fsp3) is 0.929. The molecule has 2 rings (SSSR count). The predicted octanol–water partition coefficient (Wildman–Crippen LogP) is 2.33. The van der Waals surface area contributed by atoms with Crippen LogP contribution < -0.4 is 5.32 Å². The SMILES string of the molecule is CC(C)(C)OC(=O)N1C2CCC1C(CNCCF)C2. The minimum absolute atomic E-state index is 0.187. The molecule has 2 bridgehead atoms. The fourth-order valence-corrected chi connectivity index (χ4v) is 3.29. The molecular weight excluding hydrogens is 247 g/mol. The average molecular weight is 272 g/mol. The lowest BCUT2D eigenvalue weighted by Crippen LogP contribution is -2.41. The van der Waals surface area contributed by atoms with Crippen LogP contribution >= 0.6 is 0 Å². The van der Waals surface area contributed by atoms with Gasteiger partial charge in [-0.15, -0.1) is 0 Å². The van der Waals surface area contributed by atoms with Gasteiger partial charge >= 0.3 is 6.09 Å². The standard InChI is InChI=1S/C14H25FN2O2/c1-14(2,3)19-13(18)17-11-4-5-12(17)10(8-11)9-16-7-6-15/h10-12,16H,4-9H2,1-3H3. The molecule has 0 aromatic carbocycles. The molecule has 19 heavy (non-hydrogen) atoms. The summed E-state index contributed by atoms with van der Waals surface area (Å²) in [4.78, 5) is 14.1. The maximum absolute atomic E-state index is 12.2. The molecule has 0 aliphatic carbocycles. The van der Waals surface area contributed by atoms with Crippen molar-refractivity contribution in [2.45, 2.75) is 57.7 Å². The van der Waals surface area contributed by atoms with E-state index in [1.54, 1.807) is 0 Å². The topological polar surface area (TPSA) is 41.6 Å². The molecule has 2 saturated heterocycles. The lowest BCUT2D eigenvalue weighted by Gasteiger charge is -2.28. The molecule has 5 heteroatoms. The summed E-state index contributed by atoms with van der Waals surface area (Å²) in [6.07, 6.45) is 2.95. The van der Waals surface area contributed by atoms with Crippen molar-refractivity contribution in [2.75, 3.05) is 19.8 Å². The molecule has 0 saturated carbocycles. The molecule has 0 spiro atoms. The smallest absolute Gasteiger partial charge is 0.410 e. The van der Waals surface area contributed by atoms with E-state index < -0.39 is 5.60 Å². The van der Waals surface area contributed by atoms with Gasteiger partial charge in [-0.3, -0.25) is 0 Å². The number of amides is 1. The van der Waals surface area contributed by atoms with Gasteiger partial charge in [-0.05, 0) is 46.0 Å². The number of hydrogen-bond donors (Lipinski definition) is 1. The molecular formula is C14H25FN2O2. The van der Waals surface area contributed by atoms with E-state index in [1.807, 2.05) is 25.7 Å². The highest BCUT2D eigenvalue weighted by atomic mass is 19.1. The summed E-state index contributed by atoms with van der Waals surface area (Å²) in [6.45, 7) is 6.54. The van der Waals surface area contributed by atoms with Crippen LogP contribution in [0.4, 0.5) is 9.18 Å². The molecule has 0 aromatic heterocycles. The van der Waals surface area contributed by atoms with Crippen LogP contribution in [0, 0.1) is 5.92 Å². The average Bonchev–Trinajstić information content (AvgIpc) is 2.84. The van der Waals surface area contributed by atoms with Gasteiger partial charge in [-0.1, -0.05) is 0 Å². The molecule has 3 unspecified atom stereocenters. The van der Waals surface area contributed by atoms with Crippen LogP contribution in [0.5, 0.6) is 0 Å². The van der Waals surface area contributed by atoms with Crippen molar-refractivity contribution < 1.29 is 13.9 Å². The molecule has 1 N–H and O–H groups in total. The molecule has 0 aromatic rings. The molecule has 2 fully saturated rings. The van der Waals surface area contributed by atoms with Crippen LogP contribution in [0.3, 0.4) is 0 Å². The zero-order valence-electron chi connectivity index (χ0n) is 12.1. The molecule has 110 valence electrons. The van der Waals surface area contributed by atoms with Gasteiger partial charge in [0.15, 0.2) is 0 Å². The number of rotatable bonds is 4. The summed E-state index contributed by atoms with van der Waals surface area (Å²) in [5.41, 5.74) is -0.443. The Labute approximate surface area is 114 Å². The molecule has 3 atom stereocenters. The Hall–Kier alpha value is -0.840. The molecule has 0 radical (unpaired) electrons. The van der Waals surface area contributed by atoms with E-state index in [9.17, 15) is 9.18 Å². The minimum atomic E-state index is -0.443. The third kappa shape index (κ3) is 3.38. The van der Waals surface area contributed by atoms with Crippen molar-refractivity contribution in [3.05, 3.63) is 0 Å². The summed E-state index contributed by atoms with van der Waals surface area (Å²) >= 11 is 0. The molecule has 1 amide bonds. The minimum Gasteiger partial charge on any atom is -0.444 e. The van der Waals surface area contributed by atoms with Gasteiger partial charge in [0.1, 0.15) is 12.3 Å². The summed E-state index contributed by atoms with van der Waals surface area (Å²) in [5.74, 6) is 0.442. The van der Waals surface area contributed by atoms with Crippen molar-refractivity contribution in [3.63, 3.8) is 0 Å². The first-order valence-electron chi connectivity index (χ1n) is 7.20. The number of carbonyl (C=O) groups is 1. The third-order valence-corrected chi connectivity index (χ3v) is 3.95. The van der Waals surface area contributed by atoms with Crippen LogP contribution in [0.1, 0.15) is 40.0 Å². The summed E-state index contributed by atoms with van der Waals surface area (Å²) in [6, 6.07) is 0.587. The number of alkyl halides is 1. The van der Waals surface area contributed by atoms with E-state index in [2.05, 4.69) is 5.32 Å². The monoisotopic (exact) mass is 272 g/mol. The second-order valence-electron chi connectivity index (χ2n) is 6.58. The van der Waals surface area contributed by atoms with Gasteiger partial charge in [0.25, 0.3) is 0 Å². The summed E-state index contributed by atoms with van der Waals surface area (Å²) < 4.78 is 17.6. The first-order valence-corrected chi connectivity index (χ1v) is 7.20. The number of ether oxygens (including phenoxy) is 1. The Kier molecular flexibility index (Phi) is 4.33. The number of halogens is 1. The highest BCUT2D eigenvalue weighted by molar-refractivity contribution is 5.70. The predicted molar refractivity (Wildman–Crippen MR) is 71.8 cm³/mol.